The monoisotopic (exact) mass is 506 g/mol. The Labute approximate surface area is 183 Å². The van der Waals surface area contributed by atoms with E-state index in [0.29, 0.717) is 18.8 Å². The lowest BCUT2D eigenvalue weighted by Gasteiger charge is -2.13. The molecule has 1 amide bonds. The normalized spacial score (nSPS) is 16.2. The van der Waals surface area contributed by atoms with Crippen molar-refractivity contribution >= 4 is 41.7 Å². The fourth-order valence-corrected chi connectivity index (χ4v) is 2.55. The van der Waals surface area contributed by atoms with E-state index >= 15 is 0 Å². The number of hydrogen-bond donors (Lipinski definition) is 3. The van der Waals surface area contributed by atoms with Crippen LogP contribution in [0.2, 0.25) is 0 Å². The third-order valence-corrected chi connectivity index (χ3v) is 4.00. The maximum absolute atomic E-state index is 11.2. The molecule has 3 N–H and O–H groups in total. The summed E-state index contributed by atoms with van der Waals surface area (Å²) in [7, 11) is 1.34. The van der Waals surface area contributed by atoms with E-state index in [1.807, 2.05) is 31.2 Å². The minimum Gasteiger partial charge on any atom is -0.453 e. The molecule has 1 heterocycles. The van der Waals surface area contributed by atoms with Crippen LogP contribution in [0.4, 0.5) is 10.5 Å². The molecular formula is C19H31IN4O4. The molecule has 8 nitrogen and oxygen atoms in total. The minimum atomic E-state index is -0.483. The predicted molar refractivity (Wildman–Crippen MR) is 120 cm³/mol. The van der Waals surface area contributed by atoms with Gasteiger partial charge in [0.2, 0.25) is 0 Å². The number of anilines is 1. The largest absolute Gasteiger partial charge is 0.453 e. The number of guanidine groups is 1. The molecule has 158 valence electrons. The van der Waals surface area contributed by atoms with E-state index in [4.69, 9.17) is 9.47 Å². The highest BCUT2D eigenvalue weighted by atomic mass is 127. The Bertz CT molecular complexity index is 592. The van der Waals surface area contributed by atoms with Crippen molar-refractivity contribution in [1.29, 1.82) is 0 Å². The zero-order valence-electron chi connectivity index (χ0n) is 16.5. The van der Waals surface area contributed by atoms with Gasteiger partial charge in [0.05, 0.1) is 26.4 Å². The van der Waals surface area contributed by atoms with E-state index in [2.05, 4.69) is 25.7 Å². The molecule has 1 aromatic carbocycles. The second-order valence-corrected chi connectivity index (χ2v) is 6.15. The maximum Gasteiger partial charge on any atom is 0.411 e. The average molecular weight is 506 g/mol. The van der Waals surface area contributed by atoms with Crippen molar-refractivity contribution in [3.05, 3.63) is 29.8 Å². The number of ether oxygens (including phenoxy) is 3. The Morgan fingerprint density at radius 3 is 2.71 bits per heavy atom. The molecule has 1 atom stereocenters. The van der Waals surface area contributed by atoms with E-state index in [-0.39, 0.29) is 30.1 Å². The van der Waals surface area contributed by atoms with Crippen LogP contribution < -0.4 is 16.0 Å². The van der Waals surface area contributed by atoms with Crippen LogP contribution in [0.3, 0.4) is 0 Å². The van der Waals surface area contributed by atoms with Crippen LogP contribution in [-0.4, -0.2) is 58.2 Å². The van der Waals surface area contributed by atoms with Gasteiger partial charge in [0, 0.05) is 32.0 Å². The van der Waals surface area contributed by atoms with Gasteiger partial charge in [-0.15, -0.1) is 24.0 Å². The van der Waals surface area contributed by atoms with Crippen LogP contribution in [0.25, 0.3) is 0 Å². The van der Waals surface area contributed by atoms with Gasteiger partial charge in [-0.1, -0.05) is 12.1 Å². The standard InChI is InChI=1S/C19H30N4O4.HI/c1-3-20-18(21-10-4-11-27-17-9-12-26-14-17)22-13-15-5-7-16(8-6-15)23-19(24)25-2;/h5-8,17H,3-4,9-14H2,1-2H3,(H,23,24)(H2,20,21,22);1H. The van der Waals surface area contributed by atoms with Crippen LogP contribution in [0.1, 0.15) is 25.3 Å². The first-order valence-corrected chi connectivity index (χ1v) is 9.36. The van der Waals surface area contributed by atoms with Crippen LogP contribution in [-0.2, 0) is 20.8 Å². The molecule has 1 unspecified atom stereocenters. The van der Waals surface area contributed by atoms with E-state index in [1.54, 1.807) is 0 Å². The highest BCUT2D eigenvalue weighted by Gasteiger charge is 2.15. The highest BCUT2D eigenvalue weighted by Crippen LogP contribution is 2.11. The Morgan fingerprint density at radius 1 is 1.29 bits per heavy atom. The number of carbonyl (C=O) groups excluding carboxylic acids is 1. The third-order valence-electron chi connectivity index (χ3n) is 4.00. The second-order valence-electron chi connectivity index (χ2n) is 6.15. The molecule has 1 aliphatic rings. The van der Waals surface area contributed by atoms with E-state index in [9.17, 15) is 4.79 Å². The third kappa shape index (κ3) is 9.56. The molecule has 0 aliphatic carbocycles. The smallest absolute Gasteiger partial charge is 0.411 e. The van der Waals surface area contributed by atoms with Crippen LogP contribution in [0, 0.1) is 0 Å². The number of amides is 1. The van der Waals surface area contributed by atoms with Crippen molar-refractivity contribution in [3.63, 3.8) is 0 Å². The fraction of sp³-hybridized carbons (Fsp3) is 0.579. The zero-order valence-corrected chi connectivity index (χ0v) is 18.9. The van der Waals surface area contributed by atoms with Crippen molar-refractivity contribution in [2.45, 2.75) is 32.4 Å². The van der Waals surface area contributed by atoms with E-state index in [0.717, 1.165) is 50.7 Å². The number of methoxy groups -OCH3 is 1. The molecule has 0 radical (unpaired) electrons. The predicted octanol–water partition coefficient (Wildman–Crippen LogP) is 2.73. The quantitative estimate of drug-likeness (QED) is 0.207. The number of carbonyl (C=O) groups is 1. The molecule has 0 spiro atoms. The fourth-order valence-electron chi connectivity index (χ4n) is 2.55. The van der Waals surface area contributed by atoms with Gasteiger partial charge in [-0.3, -0.25) is 5.32 Å². The average Bonchev–Trinajstić information content (AvgIpc) is 3.20. The maximum atomic E-state index is 11.2. The number of nitrogens with zero attached hydrogens (tertiary/aromatic N) is 1. The molecule has 9 heteroatoms. The first-order valence-electron chi connectivity index (χ1n) is 9.36. The molecule has 2 rings (SSSR count). The van der Waals surface area contributed by atoms with Gasteiger partial charge >= 0.3 is 6.09 Å². The lowest BCUT2D eigenvalue weighted by Crippen LogP contribution is -2.38. The van der Waals surface area contributed by atoms with Gasteiger partial charge < -0.3 is 24.8 Å². The van der Waals surface area contributed by atoms with Crippen molar-refractivity contribution in [3.8, 4) is 0 Å². The molecule has 1 fully saturated rings. The summed E-state index contributed by atoms with van der Waals surface area (Å²) < 4.78 is 15.6. The number of nitrogens with one attached hydrogen (secondary N) is 3. The topological polar surface area (TPSA) is 93.2 Å². The number of halogens is 1. The number of aliphatic imine (C=N–C) groups is 1. The summed E-state index contributed by atoms with van der Waals surface area (Å²) in [6, 6.07) is 7.50. The first kappa shape index (κ1) is 24.4. The molecule has 1 aromatic rings. The van der Waals surface area contributed by atoms with E-state index < -0.39 is 6.09 Å². The summed E-state index contributed by atoms with van der Waals surface area (Å²) in [4.78, 5) is 15.8. The van der Waals surface area contributed by atoms with Gasteiger partial charge in [0.25, 0.3) is 0 Å². The summed E-state index contributed by atoms with van der Waals surface area (Å²) in [6.45, 7) is 6.41. The van der Waals surface area contributed by atoms with Crippen LogP contribution in [0.15, 0.2) is 29.3 Å². The lowest BCUT2D eigenvalue weighted by atomic mass is 10.2. The molecule has 1 saturated heterocycles. The van der Waals surface area contributed by atoms with Crippen molar-refractivity contribution in [2.75, 3.05) is 45.3 Å². The second kappa shape index (κ2) is 14.4. The van der Waals surface area contributed by atoms with Gasteiger partial charge in [0.1, 0.15) is 0 Å². The zero-order chi connectivity index (χ0) is 19.3. The highest BCUT2D eigenvalue weighted by molar-refractivity contribution is 14.0. The Morgan fingerprint density at radius 2 is 2.07 bits per heavy atom. The number of benzene rings is 1. The lowest BCUT2D eigenvalue weighted by molar-refractivity contribution is 0.0420. The van der Waals surface area contributed by atoms with Crippen molar-refractivity contribution < 1.29 is 19.0 Å². The van der Waals surface area contributed by atoms with Gasteiger partial charge in [-0.05, 0) is 37.5 Å². The molecular weight excluding hydrogens is 475 g/mol. The Balaban J connectivity index is 0.00000392. The van der Waals surface area contributed by atoms with Crippen molar-refractivity contribution in [1.82, 2.24) is 10.6 Å². The molecule has 0 saturated carbocycles. The molecule has 0 aromatic heterocycles. The summed E-state index contributed by atoms with van der Waals surface area (Å²) in [5.74, 6) is 0.776. The Kier molecular flexibility index (Phi) is 12.6. The molecule has 0 bridgehead atoms. The van der Waals surface area contributed by atoms with Crippen LogP contribution >= 0.6 is 24.0 Å². The molecule has 1 aliphatic heterocycles. The van der Waals surface area contributed by atoms with Gasteiger partial charge in [0.15, 0.2) is 5.96 Å². The van der Waals surface area contributed by atoms with Crippen LogP contribution in [0.5, 0.6) is 0 Å². The Hall–Kier alpha value is -1.59. The summed E-state index contributed by atoms with van der Waals surface area (Å²) in [5, 5.41) is 9.17. The summed E-state index contributed by atoms with van der Waals surface area (Å²) in [6.07, 6.45) is 1.67. The number of rotatable bonds is 9. The van der Waals surface area contributed by atoms with Crippen molar-refractivity contribution in [2.24, 2.45) is 4.99 Å². The summed E-state index contributed by atoms with van der Waals surface area (Å²) in [5.41, 5.74) is 1.74. The summed E-state index contributed by atoms with van der Waals surface area (Å²) >= 11 is 0. The first-order chi connectivity index (χ1) is 13.2. The van der Waals surface area contributed by atoms with Gasteiger partial charge in [-0.25, -0.2) is 9.79 Å². The molecule has 28 heavy (non-hydrogen) atoms. The number of hydrogen-bond acceptors (Lipinski definition) is 5. The SMILES string of the molecule is CCNC(=NCc1ccc(NC(=O)OC)cc1)NCCCOC1CCOC1.I. The minimum absolute atomic E-state index is 0. The van der Waals surface area contributed by atoms with Gasteiger partial charge in [-0.2, -0.15) is 0 Å². The van der Waals surface area contributed by atoms with E-state index in [1.165, 1.54) is 7.11 Å².